The van der Waals surface area contributed by atoms with E-state index in [2.05, 4.69) is 15.5 Å². The van der Waals surface area contributed by atoms with Crippen molar-refractivity contribution in [2.24, 2.45) is 0 Å². The van der Waals surface area contributed by atoms with Crippen molar-refractivity contribution in [2.75, 3.05) is 6.54 Å². The number of nitrogens with one attached hydrogen (secondary N) is 1. The maximum Gasteiger partial charge on any atom is 0.435 e. The van der Waals surface area contributed by atoms with Crippen LogP contribution in [0.5, 0.6) is 0 Å². The molecule has 1 aliphatic heterocycles. The third-order valence-electron chi connectivity index (χ3n) is 3.07. The van der Waals surface area contributed by atoms with Gasteiger partial charge in [0.2, 0.25) is 0 Å². The van der Waals surface area contributed by atoms with Gasteiger partial charge in [0, 0.05) is 11.6 Å². The number of piperidine rings is 1. The van der Waals surface area contributed by atoms with Crippen LogP contribution in [0.25, 0.3) is 0 Å². The van der Waals surface area contributed by atoms with Crippen molar-refractivity contribution in [3.63, 3.8) is 0 Å². The summed E-state index contributed by atoms with van der Waals surface area (Å²) in [5, 5.41) is 8.20. The summed E-state index contributed by atoms with van der Waals surface area (Å²) in [5.41, 5.74) is -3.25. The van der Waals surface area contributed by atoms with Gasteiger partial charge in [-0.25, -0.2) is 0 Å². The van der Waals surface area contributed by atoms with E-state index in [0.717, 1.165) is 6.42 Å². The largest absolute Gasteiger partial charge is 0.435 e. The number of nitrogens with zero attached hydrogens (tertiary/aromatic N) is 2. The number of halogens is 6. The van der Waals surface area contributed by atoms with Gasteiger partial charge in [-0.1, -0.05) is 6.42 Å². The van der Waals surface area contributed by atoms with Crippen molar-refractivity contribution >= 4 is 0 Å². The fraction of sp³-hybridized carbons (Fsp3) is 0.636. The fourth-order valence-electron chi connectivity index (χ4n) is 2.15. The van der Waals surface area contributed by atoms with Gasteiger partial charge in [0.1, 0.15) is 0 Å². The molecule has 2 rings (SSSR count). The van der Waals surface area contributed by atoms with Crippen LogP contribution in [0.15, 0.2) is 6.07 Å². The quantitative estimate of drug-likeness (QED) is 0.808. The van der Waals surface area contributed by atoms with E-state index in [1.165, 1.54) is 0 Å². The molecule has 1 N–H and O–H groups in total. The molecule has 0 spiro atoms. The lowest BCUT2D eigenvalue weighted by atomic mass is 9.96. The monoisotopic (exact) mass is 299 g/mol. The highest BCUT2D eigenvalue weighted by Crippen LogP contribution is 2.37. The summed E-state index contributed by atoms with van der Waals surface area (Å²) >= 11 is 0. The zero-order valence-corrected chi connectivity index (χ0v) is 10.1. The Bertz CT molecular complexity index is 476. The molecular weight excluding hydrogens is 288 g/mol. The maximum atomic E-state index is 12.8. The summed E-state index contributed by atoms with van der Waals surface area (Å²) in [5.74, 6) is 0. The first-order valence-corrected chi connectivity index (χ1v) is 5.95. The number of hydrogen-bond acceptors (Lipinski definition) is 3. The zero-order valence-electron chi connectivity index (χ0n) is 10.1. The third kappa shape index (κ3) is 3.20. The molecule has 2 heterocycles. The zero-order chi connectivity index (χ0) is 15.0. The van der Waals surface area contributed by atoms with E-state index in [9.17, 15) is 26.3 Å². The second-order valence-electron chi connectivity index (χ2n) is 4.53. The van der Waals surface area contributed by atoms with Crippen LogP contribution in [-0.4, -0.2) is 16.7 Å². The summed E-state index contributed by atoms with van der Waals surface area (Å²) in [6, 6.07) is -0.337. The Morgan fingerprint density at radius 3 is 2.20 bits per heavy atom. The van der Waals surface area contributed by atoms with Gasteiger partial charge in [-0.05, 0) is 25.5 Å². The molecule has 1 fully saturated rings. The highest BCUT2D eigenvalue weighted by Gasteiger charge is 2.41. The second kappa shape index (κ2) is 5.19. The standard InChI is InChI=1S/C11H11F6N3/c12-10(13,14)8-5-6(7-3-1-2-4-18-7)9(20-19-8)11(15,16)17/h5,7,18H,1-4H2/t7-/m0/s1. The highest BCUT2D eigenvalue weighted by atomic mass is 19.4. The average molecular weight is 299 g/mol. The molecule has 0 aliphatic carbocycles. The number of rotatable bonds is 1. The van der Waals surface area contributed by atoms with Crippen molar-refractivity contribution in [3.05, 3.63) is 23.0 Å². The second-order valence-corrected chi connectivity index (χ2v) is 4.53. The molecule has 0 unspecified atom stereocenters. The van der Waals surface area contributed by atoms with Crippen LogP contribution in [0.1, 0.15) is 42.3 Å². The average Bonchev–Trinajstić information content (AvgIpc) is 2.37. The number of aromatic nitrogens is 2. The molecule has 1 aliphatic rings. The van der Waals surface area contributed by atoms with Crippen LogP contribution in [0.4, 0.5) is 26.3 Å². The number of alkyl halides is 6. The molecule has 20 heavy (non-hydrogen) atoms. The SMILES string of the molecule is FC(F)(F)c1cc([C@@H]2CCCCN2)c(C(F)(F)F)nn1. The Labute approximate surface area is 110 Å². The summed E-state index contributed by atoms with van der Waals surface area (Å²) < 4.78 is 76.1. The molecule has 1 atom stereocenters. The van der Waals surface area contributed by atoms with Gasteiger partial charge in [-0.15, -0.1) is 10.2 Å². The Balaban J connectivity index is 2.48. The Morgan fingerprint density at radius 1 is 1.00 bits per heavy atom. The Hall–Kier alpha value is -1.38. The lowest BCUT2D eigenvalue weighted by Crippen LogP contribution is -2.30. The first kappa shape index (κ1) is 15.0. The van der Waals surface area contributed by atoms with E-state index in [-0.39, 0.29) is 0 Å². The smallest absolute Gasteiger partial charge is 0.310 e. The minimum absolute atomic E-state index is 0.339. The minimum Gasteiger partial charge on any atom is -0.310 e. The van der Waals surface area contributed by atoms with Crippen molar-refractivity contribution in [1.82, 2.24) is 15.5 Å². The molecule has 0 saturated carbocycles. The molecule has 9 heteroatoms. The van der Waals surface area contributed by atoms with Gasteiger partial charge in [0.25, 0.3) is 0 Å². The van der Waals surface area contributed by atoms with Gasteiger partial charge in [-0.2, -0.15) is 26.3 Å². The van der Waals surface area contributed by atoms with Crippen molar-refractivity contribution in [3.8, 4) is 0 Å². The predicted octanol–water partition coefficient (Wildman–Crippen LogP) is 3.33. The molecule has 3 nitrogen and oxygen atoms in total. The van der Waals surface area contributed by atoms with Crippen molar-refractivity contribution in [2.45, 2.75) is 37.7 Å². The van der Waals surface area contributed by atoms with Gasteiger partial charge in [0.15, 0.2) is 11.4 Å². The van der Waals surface area contributed by atoms with Crippen LogP contribution in [0.3, 0.4) is 0 Å². The summed E-state index contributed by atoms with van der Waals surface area (Å²) in [6.07, 6.45) is -7.88. The Morgan fingerprint density at radius 2 is 1.70 bits per heavy atom. The van der Waals surface area contributed by atoms with Crippen LogP contribution in [0, 0.1) is 0 Å². The van der Waals surface area contributed by atoms with Gasteiger partial charge < -0.3 is 5.32 Å². The minimum atomic E-state index is -4.83. The Kier molecular flexibility index (Phi) is 3.90. The van der Waals surface area contributed by atoms with E-state index in [0.29, 0.717) is 25.5 Å². The van der Waals surface area contributed by atoms with E-state index in [1.54, 1.807) is 0 Å². The van der Waals surface area contributed by atoms with Crippen LogP contribution >= 0.6 is 0 Å². The van der Waals surface area contributed by atoms with Gasteiger partial charge >= 0.3 is 12.4 Å². The van der Waals surface area contributed by atoms with Crippen molar-refractivity contribution < 1.29 is 26.3 Å². The molecule has 0 aromatic carbocycles. The van der Waals surface area contributed by atoms with Gasteiger partial charge in [-0.3, -0.25) is 0 Å². The van der Waals surface area contributed by atoms with Crippen LogP contribution < -0.4 is 5.32 Å². The van der Waals surface area contributed by atoms with Crippen LogP contribution in [-0.2, 0) is 12.4 Å². The molecule has 1 saturated heterocycles. The highest BCUT2D eigenvalue weighted by molar-refractivity contribution is 5.28. The summed E-state index contributed by atoms with van der Waals surface area (Å²) in [7, 11) is 0. The predicted molar refractivity (Wildman–Crippen MR) is 56.6 cm³/mol. The van der Waals surface area contributed by atoms with E-state index >= 15 is 0 Å². The molecular formula is C11H11F6N3. The molecule has 0 amide bonds. The van der Waals surface area contributed by atoms with E-state index in [1.807, 2.05) is 0 Å². The molecule has 0 radical (unpaired) electrons. The van der Waals surface area contributed by atoms with Crippen LogP contribution in [0.2, 0.25) is 0 Å². The maximum absolute atomic E-state index is 12.8. The molecule has 1 aromatic heterocycles. The summed E-state index contributed by atoms with van der Waals surface area (Å²) in [6.45, 7) is 0.464. The van der Waals surface area contributed by atoms with E-state index in [4.69, 9.17) is 0 Å². The fourth-order valence-corrected chi connectivity index (χ4v) is 2.15. The topological polar surface area (TPSA) is 37.8 Å². The first-order valence-electron chi connectivity index (χ1n) is 5.95. The lowest BCUT2D eigenvalue weighted by Gasteiger charge is -2.26. The number of hydrogen-bond donors (Lipinski definition) is 1. The van der Waals surface area contributed by atoms with E-state index < -0.39 is 35.3 Å². The lowest BCUT2D eigenvalue weighted by molar-refractivity contribution is -0.148. The van der Waals surface area contributed by atoms with Crippen molar-refractivity contribution in [1.29, 1.82) is 0 Å². The molecule has 1 aromatic rings. The molecule has 0 bridgehead atoms. The van der Waals surface area contributed by atoms with Gasteiger partial charge in [0.05, 0.1) is 0 Å². The normalized spacial score (nSPS) is 21.0. The molecule has 112 valence electrons. The third-order valence-corrected chi connectivity index (χ3v) is 3.07. The first-order chi connectivity index (χ1) is 9.19. The summed E-state index contributed by atoms with van der Waals surface area (Å²) in [4.78, 5) is 0.